The molecular formula is C32H39ClN2O6S. The van der Waals surface area contributed by atoms with Crippen molar-refractivity contribution in [2.24, 2.45) is 17.8 Å². The predicted molar refractivity (Wildman–Crippen MR) is 162 cm³/mol. The summed E-state index contributed by atoms with van der Waals surface area (Å²) in [6, 6.07) is 11.0. The maximum Gasteiger partial charge on any atom is 0.264 e. The second-order valence-corrected chi connectivity index (χ2v) is 14.4. The summed E-state index contributed by atoms with van der Waals surface area (Å²) in [5.74, 6) is 0.106. The molecule has 2 bridgehead atoms. The maximum absolute atomic E-state index is 13.5. The second-order valence-electron chi connectivity index (χ2n) is 12.1. The molecule has 2 fully saturated rings. The summed E-state index contributed by atoms with van der Waals surface area (Å²) < 4.78 is 41.3. The van der Waals surface area contributed by atoms with E-state index in [9.17, 15) is 18.3 Å². The van der Waals surface area contributed by atoms with Crippen molar-refractivity contribution in [1.82, 2.24) is 4.72 Å². The van der Waals surface area contributed by atoms with Crippen molar-refractivity contribution in [2.75, 3.05) is 31.2 Å². The number of halogens is 1. The molecule has 3 heterocycles. The molecule has 2 N–H and O–H groups in total. The molecule has 6 rings (SSSR count). The molecular weight excluding hydrogens is 576 g/mol. The average molecular weight is 615 g/mol. The standard InChI is InChI=1S/C32H39ClN2O6S/c33-26-10-7-24-20-41-30-12-9-22-17-28(30)35(14-2-1-4-21(24)16-26)18-23-8-11-27(23)29(36)6-3-5-25-19-40-15-13-31(25)42(38,39)34-32(22)37/h3,6-7,9-10,12,16-17,23,25,27,29,31,36H,1-2,4-5,8,11,13-15,18-20H2,(H,34,37)/b6-3+/t23-,25-,27+,29-,31-/m0/s1. The number of fused-ring (bicyclic) bond motifs is 4. The molecule has 1 amide bonds. The van der Waals surface area contributed by atoms with E-state index >= 15 is 0 Å². The van der Waals surface area contributed by atoms with E-state index in [0.717, 1.165) is 49.9 Å². The third kappa shape index (κ3) is 6.34. The summed E-state index contributed by atoms with van der Waals surface area (Å²) in [5.41, 5.74) is 3.28. The van der Waals surface area contributed by atoms with Gasteiger partial charge in [-0.15, -0.1) is 0 Å². The first kappa shape index (κ1) is 29.5. The van der Waals surface area contributed by atoms with Crippen LogP contribution in [0.1, 0.15) is 60.0 Å². The number of allylic oxidation sites excluding steroid dienone is 1. The predicted octanol–water partition coefficient (Wildman–Crippen LogP) is 4.87. The zero-order valence-electron chi connectivity index (χ0n) is 23.7. The highest BCUT2D eigenvalue weighted by Crippen LogP contribution is 2.41. The van der Waals surface area contributed by atoms with Gasteiger partial charge in [-0.3, -0.25) is 4.79 Å². The molecule has 0 radical (unpaired) electrons. The molecule has 5 atom stereocenters. The summed E-state index contributed by atoms with van der Waals surface area (Å²) in [7, 11) is -3.96. The van der Waals surface area contributed by atoms with Gasteiger partial charge >= 0.3 is 0 Å². The van der Waals surface area contributed by atoms with Gasteiger partial charge in [-0.05, 0) is 98.2 Å². The smallest absolute Gasteiger partial charge is 0.264 e. The summed E-state index contributed by atoms with van der Waals surface area (Å²) in [6.07, 6.45) is 8.62. The highest BCUT2D eigenvalue weighted by atomic mass is 35.5. The van der Waals surface area contributed by atoms with E-state index in [1.165, 1.54) is 5.56 Å². The van der Waals surface area contributed by atoms with E-state index in [1.54, 1.807) is 18.2 Å². The van der Waals surface area contributed by atoms with Crippen molar-refractivity contribution in [3.63, 3.8) is 0 Å². The van der Waals surface area contributed by atoms with Gasteiger partial charge in [-0.1, -0.05) is 29.8 Å². The largest absolute Gasteiger partial charge is 0.487 e. The number of nitrogens with one attached hydrogen (secondary N) is 1. The number of anilines is 1. The van der Waals surface area contributed by atoms with E-state index in [4.69, 9.17) is 21.1 Å². The van der Waals surface area contributed by atoms with Gasteiger partial charge in [0.2, 0.25) is 10.0 Å². The maximum atomic E-state index is 13.5. The number of ether oxygens (including phenoxy) is 2. The lowest BCUT2D eigenvalue weighted by atomic mass is 9.70. The van der Waals surface area contributed by atoms with Crippen LogP contribution in [-0.4, -0.2) is 57.1 Å². The SMILES string of the molecule is O=C1NS(=O)(=O)[C@H]2CCOC[C@@H]2C/C=C/[C@H](O)[C@@H]2CC[C@H]2CN2CCCCc3cc(Cl)ccc3COc3ccc1cc32. The Morgan fingerprint density at radius 2 is 1.90 bits per heavy atom. The van der Waals surface area contributed by atoms with Crippen LogP contribution in [0, 0.1) is 17.8 Å². The molecule has 3 aliphatic heterocycles. The van der Waals surface area contributed by atoms with E-state index in [-0.39, 0.29) is 23.3 Å². The molecule has 0 unspecified atom stereocenters. The molecule has 1 aliphatic carbocycles. The lowest BCUT2D eigenvalue weighted by Gasteiger charge is -2.42. The minimum Gasteiger partial charge on any atom is -0.487 e. The van der Waals surface area contributed by atoms with Gasteiger partial charge in [0, 0.05) is 36.2 Å². The molecule has 0 aromatic heterocycles. The van der Waals surface area contributed by atoms with Crippen molar-refractivity contribution in [3.8, 4) is 5.75 Å². The van der Waals surface area contributed by atoms with Gasteiger partial charge in [0.15, 0.2) is 0 Å². The molecule has 2 aromatic rings. The Bertz CT molecular complexity index is 1450. The van der Waals surface area contributed by atoms with E-state index in [2.05, 4.69) is 9.62 Å². The lowest BCUT2D eigenvalue weighted by Crippen LogP contribution is -2.46. The molecule has 2 aromatic carbocycles. The number of sulfonamides is 1. The number of nitrogens with zero attached hydrogens (tertiary/aromatic N) is 1. The van der Waals surface area contributed by atoms with Gasteiger partial charge in [0.05, 0.1) is 23.6 Å². The molecule has 10 heteroatoms. The number of hydrogen-bond acceptors (Lipinski definition) is 7. The molecule has 4 aliphatic rings. The minimum absolute atomic E-state index is 0.122. The first-order valence-electron chi connectivity index (χ1n) is 15.1. The number of hydrogen-bond donors (Lipinski definition) is 2. The van der Waals surface area contributed by atoms with Crippen LogP contribution in [0.3, 0.4) is 0 Å². The van der Waals surface area contributed by atoms with E-state index in [1.807, 2.05) is 30.4 Å². The molecule has 226 valence electrons. The second kappa shape index (κ2) is 12.6. The van der Waals surface area contributed by atoms with Gasteiger partial charge < -0.3 is 19.5 Å². The van der Waals surface area contributed by atoms with E-state index < -0.39 is 27.3 Å². The topological polar surface area (TPSA) is 105 Å². The quantitative estimate of drug-likeness (QED) is 0.408. The molecule has 42 heavy (non-hydrogen) atoms. The van der Waals surface area contributed by atoms with Crippen molar-refractivity contribution < 1.29 is 27.8 Å². The van der Waals surface area contributed by atoms with Crippen molar-refractivity contribution in [2.45, 2.75) is 62.9 Å². The number of benzene rings is 2. The molecule has 1 saturated heterocycles. The highest BCUT2D eigenvalue weighted by Gasteiger charge is 2.39. The number of aryl methyl sites for hydroxylation is 1. The number of amides is 1. The number of aliphatic hydroxyl groups is 1. The number of carbonyl (C=O) groups excluding carboxylic acids is 1. The van der Waals surface area contributed by atoms with Crippen LogP contribution in [-0.2, 0) is 27.8 Å². The summed E-state index contributed by atoms with van der Waals surface area (Å²) in [5, 5.41) is 11.1. The monoisotopic (exact) mass is 614 g/mol. The van der Waals surface area contributed by atoms with Crippen LogP contribution in [0.15, 0.2) is 48.6 Å². The number of rotatable bonds is 0. The highest BCUT2D eigenvalue weighted by molar-refractivity contribution is 7.90. The zero-order valence-corrected chi connectivity index (χ0v) is 25.3. The fourth-order valence-corrected chi connectivity index (χ4v) is 8.66. The fourth-order valence-electron chi connectivity index (χ4n) is 6.84. The molecule has 0 spiro atoms. The van der Waals surface area contributed by atoms with Gasteiger partial charge in [-0.25, -0.2) is 13.1 Å². The Hall–Kier alpha value is -2.59. The van der Waals surface area contributed by atoms with Crippen molar-refractivity contribution >= 4 is 33.2 Å². The Morgan fingerprint density at radius 1 is 1.02 bits per heavy atom. The van der Waals surface area contributed by atoms with Gasteiger partial charge in [0.1, 0.15) is 12.4 Å². The van der Waals surface area contributed by atoms with Crippen LogP contribution >= 0.6 is 11.6 Å². The van der Waals surface area contributed by atoms with Crippen molar-refractivity contribution in [1.29, 1.82) is 0 Å². The number of carbonyl (C=O) groups is 1. The Labute approximate surface area is 253 Å². The van der Waals surface area contributed by atoms with Crippen molar-refractivity contribution in [3.05, 3.63) is 70.3 Å². The molecule has 1 saturated carbocycles. The summed E-state index contributed by atoms with van der Waals surface area (Å²) in [6.45, 7) is 2.44. The first-order chi connectivity index (χ1) is 20.3. The third-order valence-corrected chi connectivity index (χ3v) is 11.5. The van der Waals surface area contributed by atoms with Crippen LogP contribution in [0.4, 0.5) is 5.69 Å². The first-order valence-corrected chi connectivity index (χ1v) is 17.0. The van der Waals surface area contributed by atoms with E-state index in [0.29, 0.717) is 50.0 Å². The Balaban J connectivity index is 1.38. The molecule has 8 nitrogen and oxygen atoms in total. The number of aliphatic hydroxyl groups excluding tert-OH is 1. The van der Waals surface area contributed by atoms with Gasteiger partial charge in [-0.2, -0.15) is 0 Å². The average Bonchev–Trinajstić information content (AvgIpc) is 2.98. The van der Waals surface area contributed by atoms with Gasteiger partial charge in [0.25, 0.3) is 5.91 Å². The zero-order chi connectivity index (χ0) is 29.3. The Kier molecular flexibility index (Phi) is 8.82. The van der Waals surface area contributed by atoms with Crippen LogP contribution in [0.2, 0.25) is 5.02 Å². The van der Waals surface area contributed by atoms with Crippen LogP contribution in [0.25, 0.3) is 0 Å². The lowest BCUT2D eigenvalue weighted by molar-refractivity contribution is 0.0450. The minimum atomic E-state index is -3.96. The summed E-state index contributed by atoms with van der Waals surface area (Å²) in [4.78, 5) is 15.7. The Morgan fingerprint density at radius 3 is 2.74 bits per heavy atom. The van der Waals surface area contributed by atoms with Crippen LogP contribution in [0.5, 0.6) is 5.75 Å². The van der Waals surface area contributed by atoms with Crippen LogP contribution < -0.4 is 14.4 Å². The summed E-state index contributed by atoms with van der Waals surface area (Å²) >= 11 is 6.31. The normalized spacial score (nSPS) is 30.6. The fraction of sp³-hybridized carbons (Fsp3) is 0.531. The third-order valence-electron chi connectivity index (χ3n) is 9.42.